The molecule has 3 aromatic carbocycles. The first-order valence-corrected chi connectivity index (χ1v) is 21.1. The molecule has 8 rings (SSSR count). The Kier molecular flexibility index (Phi) is 10.8. The number of hydroxylamine groups is 2. The molecule has 0 atom stereocenters. The molecule has 14 nitrogen and oxygen atoms in total. The SMILES string of the molecule is CCN(CC)c1ccc2c(c1)Oc1cc(N(CC)CC)ccc1C21c2ccccc2C(=O)N1Cc1cn(CCn2cc(COC3CC(C)(C)N([O])C(C)(C)C3)nn2)nn1. The number of aryl methyl sites for hydroxylation is 2. The number of aromatic nitrogens is 6. The van der Waals surface area contributed by atoms with Crippen molar-refractivity contribution in [3.05, 3.63) is 107 Å². The Morgan fingerprint density at radius 1 is 0.729 bits per heavy atom. The van der Waals surface area contributed by atoms with Crippen LogP contribution in [-0.4, -0.2) is 89.2 Å². The summed E-state index contributed by atoms with van der Waals surface area (Å²) in [6, 6.07) is 20.8. The first-order chi connectivity index (χ1) is 28.3. The Balaban J connectivity index is 1.06. The van der Waals surface area contributed by atoms with Crippen LogP contribution < -0.4 is 14.5 Å². The Labute approximate surface area is 347 Å². The number of carbonyl (C=O) groups is 1. The van der Waals surface area contributed by atoms with E-state index in [1.807, 2.05) is 63.2 Å². The zero-order valence-corrected chi connectivity index (χ0v) is 35.7. The van der Waals surface area contributed by atoms with Gasteiger partial charge >= 0.3 is 0 Å². The van der Waals surface area contributed by atoms with Gasteiger partial charge in [0.1, 0.15) is 28.4 Å². The van der Waals surface area contributed by atoms with Gasteiger partial charge in [0, 0.05) is 77.5 Å². The smallest absolute Gasteiger partial charge is 0.255 e. The average Bonchev–Trinajstić information content (AvgIpc) is 3.94. The summed E-state index contributed by atoms with van der Waals surface area (Å²) in [6.07, 6.45) is 5.06. The highest BCUT2D eigenvalue weighted by molar-refractivity contribution is 6.02. The maximum atomic E-state index is 14.8. The number of anilines is 2. The zero-order valence-electron chi connectivity index (χ0n) is 35.7. The molecule has 3 aliphatic rings. The quantitative estimate of drug-likeness (QED) is 0.114. The second-order valence-corrected chi connectivity index (χ2v) is 17.2. The number of nitrogens with zero attached hydrogens (tertiary/aromatic N) is 10. The van der Waals surface area contributed by atoms with Crippen LogP contribution in [0.15, 0.2) is 73.1 Å². The van der Waals surface area contributed by atoms with Gasteiger partial charge in [-0.15, -0.1) is 20.5 Å². The molecule has 1 radical (unpaired) electrons. The summed E-state index contributed by atoms with van der Waals surface area (Å²) in [5.41, 5.74) is 4.97. The monoisotopic (exact) mass is 801 g/mol. The minimum absolute atomic E-state index is 0.0451. The lowest BCUT2D eigenvalue weighted by Crippen LogP contribution is -2.59. The van der Waals surface area contributed by atoms with E-state index in [4.69, 9.17) is 9.47 Å². The van der Waals surface area contributed by atoms with Crippen molar-refractivity contribution < 1.29 is 19.5 Å². The highest BCUT2D eigenvalue weighted by Gasteiger charge is 2.56. The van der Waals surface area contributed by atoms with Gasteiger partial charge in [-0.2, -0.15) is 0 Å². The summed E-state index contributed by atoms with van der Waals surface area (Å²) in [5.74, 6) is 1.39. The van der Waals surface area contributed by atoms with Gasteiger partial charge in [-0.05, 0) is 92.0 Å². The highest BCUT2D eigenvalue weighted by Crippen LogP contribution is 2.58. The minimum atomic E-state index is -0.972. The molecule has 0 bridgehead atoms. The molecule has 311 valence electrons. The van der Waals surface area contributed by atoms with Crippen LogP contribution in [0.25, 0.3) is 0 Å². The summed E-state index contributed by atoms with van der Waals surface area (Å²) < 4.78 is 16.7. The summed E-state index contributed by atoms with van der Waals surface area (Å²) in [7, 11) is 0. The molecular formula is C45H57N10O4. The maximum Gasteiger partial charge on any atom is 0.255 e. The molecule has 1 saturated heterocycles. The molecule has 3 aliphatic heterocycles. The van der Waals surface area contributed by atoms with Crippen LogP contribution in [-0.2, 0) is 41.7 Å². The Morgan fingerprint density at radius 3 is 1.81 bits per heavy atom. The van der Waals surface area contributed by atoms with Crippen LogP contribution in [0.5, 0.6) is 11.5 Å². The van der Waals surface area contributed by atoms with Gasteiger partial charge in [0.25, 0.3) is 5.91 Å². The molecule has 0 saturated carbocycles. The summed E-state index contributed by atoms with van der Waals surface area (Å²) in [5, 5.41) is 31.8. The summed E-state index contributed by atoms with van der Waals surface area (Å²) >= 11 is 0. The standard InChI is InChI=1S/C45H57N10O4/c1-9-50(10-2)33-17-19-38-40(23-33)59-41-24-34(51(11-3)12-4)18-20-39(41)45(38)37-16-14-13-15-36(37)42(56)54(45)29-31-27-52(48-46-31)21-22-53-28-32(47-49-53)30-58-35-25-43(5,6)55(57)44(7,8)26-35/h13-20,23-24,27-28,35H,9-12,21-22,25-26,29-30H2,1-8H3. The number of carbonyl (C=O) groups excluding carboxylic acids is 1. The number of fused-ring (bicyclic) bond motifs is 6. The predicted molar refractivity (Wildman–Crippen MR) is 225 cm³/mol. The Bertz CT molecular complexity index is 2230. The van der Waals surface area contributed by atoms with E-state index in [0.717, 1.165) is 71.4 Å². The molecular weight excluding hydrogens is 745 g/mol. The highest BCUT2D eigenvalue weighted by atomic mass is 16.5. The van der Waals surface area contributed by atoms with Crippen molar-refractivity contribution in [3.63, 3.8) is 0 Å². The van der Waals surface area contributed by atoms with E-state index >= 15 is 0 Å². The van der Waals surface area contributed by atoms with Gasteiger partial charge in [-0.3, -0.25) is 14.2 Å². The lowest BCUT2D eigenvalue weighted by molar-refractivity contribution is -0.301. The Hall–Kier alpha value is -5.31. The molecule has 0 N–H and O–H groups in total. The summed E-state index contributed by atoms with van der Waals surface area (Å²) in [6.45, 7) is 21.5. The molecule has 1 spiro atoms. The van der Waals surface area contributed by atoms with Gasteiger partial charge in [0.05, 0.1) is 44.7 Å². The fourth-order valence-electron chi connectivity index (χ4n) is 9.72. The number of hydrogen-bond acceptors (Lipinski definition) is 10. The van der Waals surface area contributed by atoms with Crippen molar-refractivity contribution in [2.24, 2.45) is 0 Å². The molecule has 0 aliphatic carbocycles. The summed E-state index contributed by atoms with van der Waals surface area (Å²) in [4.78, 5) is 21.3. The number of hydrogen-bond donors (Lipinski definition) is 0. The third-order valence-corrected chi connectivity index (χ3v) is 12.5. The van der Waals surface area contributed by atoms with Gasteiger partial charge in [-0.25, -0.2) is 0 Å². The average molecular weight is 802 g/mol. The van der Waals surface area contributed by atoms with Crippen molar-refractivity contribution in [2.45, 2.75) is 117 Å². The van der Waals surface area contributed by atoms with Crippen molar-refractivity contribution in [3.8, 4) is 11.5 Å². The van der Waals surface area contributed by atoms with E-state index in [-0.39, 0.29) is 18.6 Å². The molecule has 0 unspecified atom stereocenters. The molecule has 2 aromatic heterocycles. The van der Waals surface area contributed by atoms with Crippen LogP contribution in [0.1, 0.15) is 107 Å². The van der Waals surface area contributed by atoms with Crippen LogP contribution in [0, 0.1) is 0 Å². The first-order valence-electron chi connectivity index (χ1n) is 21.1. The topological polar surface area (TPSA) is 130 Å². The molecule has 14 heteroatoms. The number of rotatable bonds is 14. The molecule has 59 heavy (non-hydrogen) atoms. The number of benzene rings is 3. The third-order valence-electron chi connectivity index (χ3n) is 12.5. The fourth-order valence-corrected chi connectivity index (χ4v) is 9.72. The lowest BCUT2D eigenvalue weighted by Gasteiger charge is -2.49. The van der Waals surface area contributed by atoms with Crippen molar-refractivity contribution in [1.29, 1.82) is 0 Å². The number of ether oxygens (including phenoxy) is 2. The van der Waals surface area contributed by atoms with Crippen LogP contribution in [0.3, 0.4) is 0 Å². The van der Waals surface area contributed by atoms with E-state index in [0.29, 0.717) is 43.8 Å². The Morgan fingerprint density at radius 2 is 1.25 bits per heavy atom. The van der Waals surface area contributed by atoms with Crippen molar-refractivity contribution >= 4 is 17.3 Å². The normalized spacial score (nSPS) is 17.8. The predicted octanol–water partition coefficient (Wildman–Crippen LogP) is 7.20. The molecule has 1 amide bonds. The van der Waals surface area contributed by atoms with E-state index in [9.17, 15) is 10.0 Å². The van der Waals surface area contributed by atoms with Crippen molar-refractivity contribution in [1.82, 2.24) is 40.0 Å². The van der Waals surface area contributed by atoms with Crippen LogP contribution in [0.4, 0.5) is 11.4 Å². The number of piperidine rings is 1. The van der Waals surface area contributed by atoms with E-state index in [1.54, 1.807) is 9.36 Å². The largest absolute Gasteiger partial charge is 0.456 e. The molecule has 5 heterocycles. The second kappa shape index (κ2) is 15.7. The zero-order chi connectivity index (χ0) is 41.7. The van der Waals surface area contributed by atoms with E-state index in [1.165, 1.54) is 5.06 Å². The third kappa shape index (κ3) is 7.14. The second-order valence-electron chi connectivity index (χ2n) is 17.2. The van der Waals surface area contributed by atoms with Gasteiger partial charge in [-0.1, -0.05) is 40.8 Å². The van der Waals surface area contributed by atoms with Gasteiger partial charge in [0.2, 0.25) is 0 Å². The van der Waals surface area contributed by atoms with Crippen LogP contribution >= 0.6 is 0 Å². The van der Waals surface area contributed by atoms with Crippen molar-refractivity contribution in [2.75, 3.05) is 36.0 Å². The molecule has 5 aromatic rings. The van der Waals surface area contributed by atoms with Crippen LogP contribution in [0.2, 0.25) is 0 Å². The first kappa shape index (κ1) is 40.5. The van der Waals surface area contributed by atoms with E-state index in [2.05, 4.69) is 101 Å². The van der Waals surface area contributed by atoms with Gasteiger partial charge < -0.3 is 24.2 Å². The minimum Gasteiger partial charge on any atom is -0.456 e. The maximum absolute atomic E-state index is 14.8. The lowest BCUT2D eigenvalue weighted by atomic mass is 9.74. The number of amides is 1. The fraction of sp³-hybridized carbons (Fsp3) is 0.489. The molecule has 1 fully saturated rings. The van der Waals surface area contributed by atoms with Gasteiger partial charge in [0.15, 0.2) is 0 Å². The van der Waals surface area contributed by atoms with E-state index < -0.39 is 16.6 Å².